The van der Waals surface area contributed by atoms with Gasteiger partial charge in [-0.3, -0.25) is 0 Å². The van der Waals surface area contributed by atoms with E-state index in [-0.39, 0.29) is 6.54 Å². The standard InChI is InChI=1S/C10H12F3NO/c11-10(12,13)9(7-15)14-6-8-4-2-1-3-5-8/h1-5,9,14-15H,6-7H2/t9-/m0/s1. The fourth-order valence-corrected chi connectivity index (χ4v) is 1.12. The van der Waals surface area contributed by atoms with Crippen molar-refractivity contribution < 1.29 is 18.3 Å². The van der Waals surface area contributed by atoms with Crippen molar-refractivity contribution in [2.24, 2.45) is 0 Å². The Kier molecular flexibility index (Phi) is 4.11. The first-order valence-corrected chi connectivity index (χ1v) is 4.49. The first-order chi connectivity index (χ1) is 7.04. The Morgan fingerprint density at radius 2 is 1.80 bits per heavy atom. The van der Waals surface area contributed by atoms with Gasteiger partial charge in [0.25, 0.3) is 0 Å². The van der Waals surface area contributed by atoms with Crippen LogP contribution in [0.4, 0.5) is 13.2 Å². The molecule has 0 amide bonds. The average molecular weight is 219 g/mol. The van der Waals surface area contributed by atoms with E-state index in [1.165, 1.54) is 0 Å². The molecule has 0 radical (unpaired) electrons. The maximum Gasteiger partial charge on any atom is 0.406 e. The van der Waals surface area contributed by atoms with E-state index in [9.17, 15) is 13.2 Å². The van der Waals surface area contributed by atoms with Crippen LogP contribution in [0.3, 0.4) is 0 Å². The van der Waals surface area contributed by atoms with Crippen LogP contribution in [0.15, 0.2) is 30.3 Å². The molecule has 0 unspecified atom stereocenters. The molecule has 0 fully saturated rings. The predicted molar refractivity (Wildman–Crippen MR) is 50.2 cm³/mol. The van der Waals surface area contributed by atoms with Crippen molar-refractivity contribution >= 4 is 0 Å². The lowest BCUT2D eigenvalue weighted by atomic mass is 10.2. The predicted octanol–water partition coefficient (Wildman–Crippen LogP) is 1.70. The molecule has 0 aliphatic heterocycles. The maximum absolute atomic E-state index is 12.2. The molecule has 0 saturated carbocycles. The van der Waals surface area contributed by atoms with Crippen LogP contribution in [0.25, 0.3) is 0 Å². The minimum atomic E-state index is -4.41. The summed E-state index contributed by atoms with van der Waals surface area (Å²) in [5.41, 5.74) is 0.750. The van der Waals surface area contributed by atoms with Crippen LogP contribution in [0, 0.1) is 0 Å². The van der Waals surface area contributed by atoms with E-state index in [1.807, 2.05) is 0 Å². The second-order valence-corrected chi connectivity index (χ2v) is 3.14. The van der Waals surface area contributed by atoms with E-state index in [2.05, 4.69) is 5.32 Å². The first-order valence-electron chi connectivity index (χ1n) is 4.49. The quantitative estimate of drug-likeness (QED) is 0.807. The number of alkyl halides is 3. The van der Waals surface area contributed by atoms with Crippen LogP contribution in [0.2, 0.25) is 0 Å². The number of hydrogen-bond donors (Lipinski definition) is 2. The highest BCUT2D eigenvalue weighted by Crippen LogP contribution is 2.19. The van der Waals surface area contributed by atoms with Gasteiger partial charge in [0.1, 0.15) is 6.04 Å². The first kappa shape index (κ1) is 12.0. The van der Waals surface area contributed by atoms with E-state index >= 15 is 0 Å². The van der Waals surface area contributed by atoms with Crippen molar-refractivity contribution in [1.82, 2.24) is 5.32 Å². The SMILES string of the molecule is OC[C@H](NCc1ccccc1)C(F)(F)F. The fourth-order valence-electron chi connectivity index (χ4n) is 1.12. The molecule has 84 valence electrons. The number of rotatable bonds is 4. The largest absolute Gasteiger partial charge is 0.406 e. The number of aliphatic hydroxyl groups excluding tert-OH is 1. The molecule has 1 aromatic rings. The molecule has 1 atom stereocenters. The van der Waals surface area contributed by atoms with Gasteiger partial charge in [0, 0.05) is 6.54 Å². The van der Waals surface area contributed by atoms with Gasteiger partial charge in [-0.05, 0) is 5.56 Å². The van der Waals surface area contributed by atoms with E-state index in [4.69, 9.17) is 5.11 Å². The van der Waals surface area contributed by atoms with Gasteiger partial charge in [-0.15, -0.1) is 0 Å². The van der Waals surface area contributed by atoms with Crippen LogP contribution in [-0.4, -0.2) is 23.9 Å². The molecular formula is C10H12F3NO. The van der Waals surface area contributed by atoms with Crippen molar-refractivity contribution in [2.75, 3.05) is 6.61 Å². The lowest BCUT2D eigenvalue weighted by Crippen LogP contribution is -2.44. The second-order valence-electron chi connectivity index (χ2n) is 3.14. The van der Waals surface area contributed by atoms with Crippen LogP contribution >= 0.6 is 0 Å². The highest BCUT2D eigenvalue weighted by atomic mass is 19.4. The lowest BCUT2D eigenvalue weighted by molar-refractivity contribution is -0.164. The molecule has 0 spiro atoms. The van der Waals surface area contributed by atoms with Crippen molar-refractivity contribution in [3.05, 3.63) is 35.9 Å². The average Bonchev–Trinajstić information content (AvgIpc) is 2.18. The van der Waals surface area contributed by atoms with E-state index in [0.29, 0.717) is 0 Å². The molecule has 0 aromatic heterocycles. The van der Waals surface area contributed by atoms with Gasteiger partial charge in [-0.1, -0.05) is 30.3 Å². The minimum absolute atomic E-state index is 0.0889. The molecule has 0 heterocycles. The summed E-state index contributed by atoms with van der Waals surface area (Å²) >= 11 is 0. The Labute approximate surface area is 85.7 Å². The summed E-state index contributed by atoms with van der Waals surface area (Å²) in [4.78, 5) is 0. The number of halogens is 3. The summed E-state index contributed by atoms with van der Waals surface area (Å²) < 4.78 is 36.6. The summed E-state index contributed by atoms with van der Waals surface area (Å²) in [6, 6.07) is 6.86. The molecule has 1 rings (SSSR count). The van der Waals surface area contributed by atoms with Gasteiger partial charge in [-0.2, -0.15) is 13.2 Å². The monoisotopic (exact) mass is 219 g/mol. The van der Waals surface area contributed by atoms with E-state index in [0.717, 1.165) is 5.56 Å². The highest BCUT2D eigenvalue weighted by molar-refractivity contribution is 5.14. The molecule has 1 aromatic carbocycles. The van der Waals surface area contributed by atoms with Gasteiger partial charge in [0.2, 0.25) is 0 Å². The van der Waals surface area contributed by atoms with Gasteiger partial charge in [-0.25, -0.2) is 0 Å². The summed E-state index contributed by atoms with van der Waals surface area (Å²) in [5.74, 6) is 0. The van der Waals surface area contributed by atoms with E-state index in [1.54, 1.807) is 30.3 Å². The van der Waals surface area contributed by atoms with Gasteiger partial charge in [0.15, 0.2) is 0 Å². The van der Waals surface area contributed by atoms with Crippen molar-refractivity contribution in [3.63, 3.8) is 0 Å². The van der Waals surface area contributed by atoms with Gasteiger partial charge in [0.05, 0.1) is 6.61 Å². The Morgan fingerprint density at radius 1 is 1.20 bits per heavy atom. The molecule has 5 heteroatoms. The summed E-state index contributed by atoms with van der Waals surface area (Å²) in [5, 5.41) is 10.8. The number of nitrogens with one attached hydrogen (secondary N) is 1. The van der Waals surface area contributed by atoms with E-state index < -0.39 is 18.8 Å². The van der Waals surface area contributed by atoms with Crippen LogP contribution in [0.5, 0.6) is 0 Å². The summed E-state index contributed by atoms with van der Waals surface area (Å²) in [7, 11) is 0. The smallest absolute Gasteiger partial charge is 0.394 e. The molecular weight excluding hydrogens is 207 g/mol. The Morgan fingerprint density at radius 3 is 2.27 bits per heavy atom. The fraction of sp³-hybridized carbons (Fsp3) is 0.400. The Bertz CT molecular complexity index is 286. The van der Waals surface area contributed by atoms with Crippen molar-refractivity contribution in [3.8, 4) is 0 Å². The zero-order valence-corrected chi connectivity index (χ0v) is 7.96. The van der Waals surface area contributed by atoms with Gasteiger partial charge < -0.3 is 10.4 Å². The Hall–Kier alpha value is -1.07. The number of aliphatic hydroxyl groups is 1. The zero-order chi connectivity index (χ0) is 11.3. The zero-order valence-electron chi connectivity index (χ0n) is 7.96. The highest BCUT2D eigenvalue weighted by Gasteiger charge is 2.38. The van der Waals surface area contributed by atoms with Crippen LogP contribution in [0.1, 0.15) is 5.56 Å². The molecule has 2 nitrogen and oxygen atoms in total. The molecule has 2 N–H and O–H groups in total. The van der Waals surface area contributed by atoms with Crippen molar-refractivity contribution in [1.29, 1.82) is 0 Å². The number of hydrogen-bond acceptors (Lipinski definition) is 2. The Balaban J connectivity index is 2.49. The maximum atomic E-state index is 12.2. The van der Waals surface area contributed by atoms with Gasteiger partial charge >= 0.3 is 6.18 Å². The lowest BCUT2D eigenvalue weighted by Gasteiger charge is -2.19. The summed E-state index contributed by atoms with van der Waals surface area (Å²) in [6.45, 7) is -0.859. The molecule has 0 saturated heterocycles. The van der Waals surface area contributed by atoms with Crippen LogP contribution < -0.4 is 5.32 Å². The summed E-state index contributed by atoms with van der Waals surface area (Å²) in [6.07, 6.45) is -4.41. The molecule has 0 bridgehead atoms. The third kappa shape index (κ3) is 3.89. The molecule has 15 heavy (non-hydrogen) atoms. The van der Waals surface area contributed by atoms with Crippen molar-refractivity contribution in [2.45, 2.75) is 18.8 Å². The number of benzene rings is 1. The third-order valence-electron chi connectivity index (χ3n) is 1.97. The topological polar surface area (TPSA) is 32.3 Å². The normalized spacial score (nSPS) is 13.9. The van der Waals surface area contributed by atoms with Crippen LogP contribution in [-0.2, 0) is 6.54 Å². The molecule has 0 aliphatic carbocycles. The minimum Gasteiger partial charge on any atom is -0.394 e. The molecule has 0 aliphatic rings. The second kappa shape index (κ2) is 5.14. The third-order valence-corrected chi connectivity index (χ3v) is 1.97.